The minimum Gasteiger partial charge on any atom is -0.289 e. The zero-order valence-corrected chi connectivity index (χ0v) is 9.85. The summed E-state index contributed by atoms with van der Waals surface area (Å²) in [7, 11) is 0. The lowest BCUT2D eigenvalue weighted by Gasteiger charge is -2.14. The first-order chi connectivity index (χ1) is 7.99. The van der Waals surface area contributed by atoms with Crippen LogP contribution in [0.15, 0.2) is 12.1 Å². The summed E-state index contributed by atoms with van der Waals surface area (Å²) in [6.45, 7) is 1.98. The Balaban J connectivity index is 2.46. The molecule has 1 unspecified atom stereocenters. The molecule has 1 atom stereocenters. The third-order valence-electron chi connectivity index (χ3n) is 2.52. The highest BCUT2D eigenvalue weighted by atomic mass is 35.5. The van der Waals surface area contributed by atoms with Crippen molar-refractivity contribution in [3.63, 3.8) is 0 Å². The van der Waals surface area contributed by atoms with Crippen molar-refractivity contribution in [3.8, 4) is 0 Å². The predicted molar refractivity (Wildman–Crippen MR) is 62.2 cm³/mol. The van der Waals surface area contributed by atoms with Crippen LogP contribution in [0.25, 0.3) is 0 Å². The number of alkyl halides is 1. The quantitative estimate of drug-likeness (QED) is 0.457. The van der Waals surface area contributed by atoms with Crippen LogP contribution in [0.3, 0.4) is 0 Å². The maximum absolute atomic E-state index is 11.7. The average molecular weight is 256 g/mol. The molecule has 1 aliphatic rings. The lowest BCUT2D eigenvalue weighted by molar-refractivity contribution is -0.384. The topological polar surface area (TPSA) is 76.3 Å². The fourth-order valence-corrected chi connectivity index (χ4v) is 2.02. The summed E-state index contributed by atoms with van der Waals surface area (Å²) in [6.07, 6.45) is 0.189. The summed E-state index contributed by atoms with van der Waals surface area (Å²) in [5.74, 6) is -0.144. The molecule has 0 bridgehead atoms. The summed E-state index contributed by atoms with van der Waals surface area (Å²) in [5, 5.41) is 10.6. The SMILES string of the molecule is Cc1ccc([N+](=O)[O-])c(N2CC(Cl)CC2=O)n1. The highest BCUT2D eigenvalue weighted by Gasteiger charge is 2.34. The Bertz CT molecular complexity index is 492. The van der Waals surface area contributed by atoms with Crippen LogP contribution in [0.5, 0.6) is 0 Å². The number of carbonyl (C=O) groups excluding carboxylic acids is 1. The van der Waals surface area contributed by atoms with Gasteiger partial charge in [0, 0.05) is 24.7 Å². The van der Waals surface area contributed by atoms with Crippen LogP contribution in [-0.4, -0.2) is 27.7 Å². The molecule has 0 aliphatic carbocycles. The summed E-state index contributed by atoms with van der Waals surface area (Å²) in [5.41, 5.74) is 0.450. The van der Waals surface area contributed by atoms with Gasteiger partial charge in [-0.2, -0.15) is 0 Å². The zero-order chi connectivity index (χ0) is 12.6. The van der Waals surface area contributed by atoms with E-state index in [4.69, 9.17) is 11.6 Å². The Morgan fingerprint density at radius 1 is 1.59 bits per heavy atom. The smallest absolute Gasteiger partial charge is 0.289 e. The molecule has 90 valence electrons. The molecule has 1 aromatic rings. The molecule has 2 heterocycles. The number of aryl methyl sites for hydroxylation is 1. The van der Waals surface area contributed by atoms with Crippen molar-refractivity contribution in [1.82, 2.24) is 4.98 Å². The molecule has 17 heavy (non-hydrogen) atoms. The summed E-state index contributed by atoms with van der Waals surface area (Å²) in [6, 6.07) is 2.90. The molecule has 6 nitrogen and oxygen atoms in total. The normalized spacial score (nSPS) is 19.8. The molecule has 0 aromatic carbocycles. The number of amides is 1. The van der Waals surface area contributed by atoms with E-state index < -0.39 is 4.92 Å². The van der Waals surface area contributed by atoms with Crippen LogP contribution in [0.1, 0.15) is 12.1 Å². The van der Waals surface area contributed by atoms with Crippen LogP contribution in [0.2, 0.25) is 0 Å². The molecule has 2 rings (SSSR count). The third-order valence-corrected chi connectivity index (χ3v) is 2.82. The van der Waals surface area contributed by atoms with Crippen molar-refractivity contribution in [1.29, 1.82) is 0 Å². The van der Waals surface area contributed by atoms with Crippen molar-refractivity contribution in [2.75, 3.05) is 11.4 Å². The molecule has 1 fully saturated rings. The highest BCUT2D eigenvalue weighted by Crippen LogP contribution is 2.30. The predicted octanol–water partition coefficient (Wildman–Crippen LogP) is 1.64. The average Bonchev–Trinajstić information content (AvgIpc) is 2.57. The van der Waals surface area contributed by atoms with Crippen molar-refractivity contribution in [3.05, 3.63) is 27.9 Å². The first kappa shape index (κ1) is 11.8. The molecule has 1 aliphatic heterocycles. The van der Waals surface area contributed by atoms with Gasteiger partial charge in [-0.1, -0.05) is 0 Å². The molecular formula is C10H10ClN3O3. The Labute approximate surface area is 102 Å². The molecule has 1 amide bonds. The van der Waals surface area contributed by atoms with Gasteiger partial charge in [-0.05, 0) is 13.0 Å². The van der Waals surface area contributed by atoms with E-state index in [9.17, 15) is 14.9 Å². The van der Waals surface area contributed by atoms with Crippen molar-refractivity contribution in [2.45, 2.75) is 18.7 Å². The fraction of sp³-hybridized carbons (Fsp3) is 0.400. The van der Waals surface area contributed by atoms with Crippen LogP contribution in [0.4, 0.5) is 11.5 Å². The van der Waals surface area contributed by atoms with Gasteiger partial charge < -0.3 is 0 Å². The Hall–Kier alpha value is -1.69. The third kappa shape index (κ3) is 2.21. The second-order valence-corrected chi connectivity index (χ2v) is 4.48. The number of nitro groups is 1. The van der Waals surface area contributed by atoms with Crippen LogP contribution >= 0.6 is 11.6 Å². The number of halogens is 1. The molecule has 0 spiro atoms. The van der Waals surface area contributed by atoms with Gasteiger partial charge in [-0.25, -0.2) is 4.98 Å². The maximum Gasteiger partial charge on any atom is 0.312 e. The van der Waals surface area contributed by atoms with Gasteiger partial charge in [0.15, 0.2) is 0 Å². The molecule has 0 saturated carbocycles. The minimum absolute atomic E-state index is 0.0863. The zero-order valence-electron chi connectivity index (χ0n) is 9.09. The number of pyridine rings is 1. The largest absolute Gasteiger partial charge is 0.312 e. The van der Waals surface area contributed by atoms with E-state index in [-0.39, 0.29) is 35.8 Å². The lowest BCUT2D eigenvalue weighted by atomic mass is 10.3. The van der Waals surface area contributed by atoms with Gasteiger partial charge in [0.1, 0.15) is 0 Å². The first-order valence-electron chi connectivity index (χ1n) is 5.05. The monoisotopic (exact) mass is 255 g/mol. The van der Waals surface area contributed by atoms with E-state index in [0.29, 0.717) is 5.69 Å². The van der Waals surface area contributed by atoms with Crippen LogP contribution < -0.4 is 4.90 Å². The van der Waals surface area contributed by atoms with E-state index in [1.807, 2.05) is 0 Å². The van der Waals surface area contributed by atoms with E-state index in [0.717, 1.165) is 0 Å². The lowest BCUT2D eigenvalue weighted by Crippen LogP contribution is -2.26. The molecular weight excluding hydrogens is 246 g/mol. The standard InChI is InChI=1S/C10H10ClN3O3/c1-6-2-3-8(14(16)17)10(12-6)13-5-7(11)4-9(13)15/h2-3,7H,4-5H2,1H3. The van der Waals surface area contributed by atoms with E-state index in [1.165, 1.54) is 11.0 Å². The van der Waals surface area contributed by atoms with Gasteiger partial charge in [0.05, 0.1) is 10.3 Å². The molecule has 0 N–H and O–H groups in total. The Morgan fingerprint density at radius 3 is 2.82 bits per heavy atom. The van der Waals surface area contributed by atoms with Crippen LogP contribution in [0, 0.1) is 17.0 Å². The van der Waals surface area contributed by atoms with Gasteiger partial charge in [0.25, 0.3) is 0 Å². The van der Waals surface area contributed by atoms with E-state index >= 15 is 0 Å². The maximum atomic E-state index is 11.7. The van der Waals surface area contributed by atoms with Crippen molar-refractivity contribution < 1.29 is 9.72 Å². The molecule has 1 saturated heterocycles. The number of hydrogen-bond acceptors (Lipinski definition) is 4. The summed E-state index contributed by atoms with van der Waals surface area (Å²) < 4.78 is 0. The van der Waals surface area contributed by atoms with Crippen LogP contribution in [-0.2, 0) is 4.79 Å². The fourth-order valence-electron chi connectivity index (χ4n) is 1.75. The number of aromatic nitrogens is 1. The second-order valence-electron chi connectivity index (χ2n) is 3.86. The van der Waals surface area contributed by atoms with Gasteiger partial charge >= 0.3 is 5.69 Å². The number of nitrogens with zero attached hydrogens (tertiary/aromatic N) is 3. The van der Waals surface area contributed by atoms with E-state index in [1.54, 1.807) is 13.0 Å². The molecule has 0 radical (unpaired) electrons. The van der Waals surface area contributed by atoms with E-state index in [2.05, 4.69) is 4.98 Å². The minimum atomic E-state index is -0.545. The van der Waals surface area contributed by atoms with Crippen molar-refractivity contribution >= 4 is 29.0 Å². The number of rotatable bonds is 2. The number of hydrogen-bond donors (Lipinski definition) is 0. The highest BCUT2D eigenvalue weighted by molar-refractivity contribution is 6.24. The number of anilines is 1. The van der Waals surface area contributed by atoms with Gasteiger partial charge in [-0.15, -0.1) is 11.6 Å². The molecule has 7 heteroatoms. The first-order valence-corrected chi connectivity index (χ1v) is 5.49. The summed E-state index contributed by atoms with van der Waals surface area (Å²) >= 11 is 5.86. The summed E-state index contributed by atoms with van der Waals surface area (Å²) in [4.78, 5) is 27.3. The Morgan fingerprint density at radius 2 is 2.29 bits per heavy atom. The van der Waals surface area contributed by atoms with Crippen molar-refractivity contribution in [2.24, 2.45) is 0 Å². The second kappa shape index (κ2) is 4.29. The van der Waals surface area contributed by atoms with Gasteiger partial charge in [-0.3, -0.25) is 19.8 Å². The Kier molecular flexibility index (Phi) is 2.97. The molecule has 1 aromatic heterocycles. The van der Waals surface area contributed by atoms with Gasteiger partial charge in [0.2, 0.25) is 11.7 Å². The number of carbonyl (C=O) groups is 1.